The van der Waals surface area contributed by atoms with Crippen LogP contribution in [0.15, 0.2) is 53.7 Å². The van der Waals surface area contributed by atoms with Crippen molar-refractivity contribution in [1.29, 1.82) is 0 Å². The van der Waals surface area contributed by atoms with E-state index in [9.17, 15) is 9.59 Å². The molecule has 8 nitrogen and oxygen atoms in total. The van der Waals surface area contributed by atoms with Crippen LogP contribution in [-0.2, 0) is 0 Å². The van der Waals surface area contributed by atoms with Crippen LogP contribution in [-0.4, -0.2) is 59.6 Å². The molecular formula is C35H39ClFN5O3. The number of rotatable bonds is 11. The first-order chi connectivity index (χ1) is 21.8. The summed E-state index contributed by atoms with van der Waals surface area (Å²) in [6.45, 7) is 11.0. The summed E-state index contributed by atoms with van der Waals surface area (Å²) in [4.78, 5) is 35.8. The third-order valence-electron chi connectivity index (χ3n) is 9.01. The van der Waals surface area contributed by atoms with Crippen molar-refractivity contribution in [3.05, 3.63) is 86.7 Å². The summed E-state index contributed by atoms with van der Waals surface area (Å²) in [6, 6.07) is 8.39. The molecule has 1 atom stereocenters. The zero-order valence-corrected chi connectivity index (χ0v) is 26.8. The van der Waals surface area contributed by atoms with E-state index >= 15 is 4.39 Å². The summed E-state index contributed by atoms with van der Waals surface area (Å²) in [5.41, 5.74) is 3.01. The Morgan fingerprint density at radius 3 is 2.82 bits per heavy atom. The Balaban J connectivity index is 1.35. The summed E-state index contributed by atoms with van der Waals surface area (Å²) in [5, 5.41) is 3.46. The maximum atomic E-state index is 16.2. The van der Waals surface area contributed by atoms with E-state index in [0.29, 0.717) is 47.3 Å². The fourth-order valence-electron chi connectivity index (χ4n) is 6.66. The first-order valence-corrected chi connectivity index (χ1v) is 16.2. The van der Waals surface area contributed by atoms with Gasteiger partial charge in [-0.2, -0.15) is 0 Å². The second kappa shape index (κ2) is 13.2. The SMILES string of the molecule is CCCN(CC)CCCCNC(=O)c1cn2c3c(c(N4CCC(c5cnccc5C)C4)c(F)cc3c1=O)Oc1ccc(Cl)cc1-2. The van der Waals surface area contributed by atoms with Gasteiger partial charge in [-0.3, -0.25) is 14.6 Å². The highest BCUT2D eigenvalue weighted by Crippen LogP contribution is 2.48. The van der Waals surface area contributed by atoms with E-state index in [1.54, 1.807) is 29.0 Å². The summed E-state index contributed by atoms with van der Waals surface area (Å²) in [6.07, 6.45) is 8.86. The standard InChI is InChI=1S/C35H39ClFN5O3/c1-4-14-40(5-2)15-7-6-12-39-35(44)27-21-42-29-17-24(36)8-9-30(29)45-34-31(42)25(33(27)43)18-28(37)32(34)41-16-11-23(20-41)26-19-38-13-10-22(26)3/h8-10,13,17-19,21,23H,4-7,11-12,14-16,20H2,1-3H3,(H,39,44). The Bertz CT molecular complexity index is 1810. The topological polar surface area (TPSA) is 79.7 Å². The summed E-state index contributed by atoms with van der Waals surface area (Å²) < 4.78 is 24.3. The monoisotopic (exact) mass is 631 g/mol. The molecule has 2 aliphatic rings. The third kappa shape index (κ3) is 6.03. The van der Waals surface area contributed by atoms with Gasteiger partial charge in [0.1, 0.15) is 16.8 Å². The molecule has 0 saturated carbocycles. The molecule has 1 amide bonds. The maximum Gasteiger partial charge on any atom is 0.256 e. The number of benzene rings is 2. The zero-order chi connectivity index (χ0) is 31.7. The second-order valence-corrected chi connectivity index (χ2v) is 12.4. The van der Waals surface area contributed by atoms with Gasteiger partial charge in [-0.1, -0.05) is 25.4 Å². The van der Waals surface area contributed by atoms with E-state index in [1.165, 1.54) is 12.3 Å². The van der Waals surface area contributed by atoms with E-state index < -0.39 is 17.2 Å². The predicted octanol–water partition coefficient (Wildman–Crippen LogP) is 6.83. The van der Waals surface area contributed by atoms with E-state index in [1.807, 2.05) is 17.2 Å². The van der Waals surface area contributed by atoms with Crippen LogP contribution in [0.3, 0.4) is 0 Å². The number of hydrogen-bond donors (Lipinski definition) is 1. The Morgan fingerprint density at radius 2 is 2.04 bits per heavy atom. The van der Waals surface area contributed by atoms with E-state index in [4.69, 9.17) is 16.3 Å². The molecule has 0 aliphatic carbocycles. The number of aryl methyl sites for hydroxylation is 1. The van der Waals surface area contributed by atoms with Crippen LogP contribution in [0.5, 0.6) is 11.5 Å². The fraction of sp³-hybridized carbons (Fsp3) is 0.400. The van der Waals surface area contributed by atoms with Crippen molar-refractivity contribution in [3.63, 3.8) is 0 Å². The molecule has 2 aromatic heterocycles. The van der Waals surface area contributed by atoms with Gasteiger partial charge >= 0.3 is 0 Å². The quantitative estimate of drug-likeness (QED) is 0.161. The van der Waals surface area contributed by atoms with Gasteiger partial charge in [-0.15, -0.1) is 0 Å². The number of pyridine rings is 2. The third-order valence-corrected chi connectivity index (χ3v) is 9.24. The minimum atomic E-state index is -0.563. The molecule has 4 heterocycles. The van der Waals surface area contributed by atoms with Crippen molar-refractivity contribution in [2.45, 2.75) is 52.4 Å². The summed E-state index contributed by atoms with van der Waals surface area (Å²) in [7, 11) is 0. The number of amides is 1. The first kappa shape index (κ1) is 31.0. The Hall–Kier alpha value is -3.95. The molecule has 0 radical (unpaired) electrons. The number of fused-ring (bicyclic) bond motifs is 2. The first-order valence-electron chi connectivity index (χ1n) is 15.9. The highest BCUT2D eigenvalue weighted by Gasteiger charge is 2.34. The molecule has 2 aromatic carbocycles. The number of hydrogen-bond acceptors (Lipinski definition) is 6. The van der Waals surface area contributed by atoms with Crippen LogP contribution >= 0.6 is 11.6 Å². The Kier molecular flexibility index (Phi) is 9.10. The van der Waals surface area contributed by atoms with Gasteiger partial charge in [0, 0.05) is 49.2 Å². The molecule has 236 valence electrons. The molecule has 2 aliphatic heterocycles. The molecule has 1 N–H and O–H groups in total. The second-order valence-electron chi connectivity index (χ2n) is 11.9. The molecule has 4 aromatic rings. The van der Waals surface area contributed by atoms with E-state index in [0.717, 1.165) is 56.4 Å². The number of aromatic nitrogens is 2. The number of halogens is 2. The minimum absolute atomic E-state index is 0.0529. The van der Waals surface area contributed by atoms with Crippen molar-refractivity contribution in [3.8, 4) is 17.2 Å². The smallest absolute Gasteiger partial charge is 0.256 e. The van der Waals surface area contributed by atoms with Crippen molar-refractivity contribution < 1.29 is 13.9 Å². The van der Waals surface area contributed by atoms with Gasteiger partial charge in [-0.25, -0.2) is 4.39 Å². The average Bonchev–Trinajstić information content (AvgIpc) is 3.51. The molecule has 10 heteroatoms. The zero-order valence-electron chi connectivity index (χ0n) is 26.0. The van der Waals surface area contributed by atoms with Crippen LogP contribution in [0.2, 0.25) is 5.02 Å². The fourth-order valence-corrected chi connectivity index (χ4v) is 6.82. The summed E-state index contributed by atoms with van der Waals surface area (Å²) >= 11 is 6.38. The number of nitrogens with zero attached hydrogens (tertiary/aromatic N) is 4. The van der Waals surface area contributed by atoms with Gasteiger partial charge in [0.2, 0.25) is 5.43 Å². The van der Waals surface area contributed by atoms with Crippen molar-refractivity contribution in [2.24, 2.45) is 0 Å². The van der Waals surface area contributed by atoms with Crippen molar-refractivity contribution in [1.82, 2.24) is 19.8 Å². The van der Waals surface area contributed by atoms with Crippen LogP contribution in [0.1, 0.15) is 66.9 Å². The predicted molar refractivity (Wildman–Crippen MR) is 177 cm³/mol. The van der Waals surface area contributed by atoms with Gasteiger partial charge in [0.15, 0.2) is 17.3 Å². The lowest BCUT2D eigenvalue weighted by molar-refractivity contribution is 0.0951. The molecular weight excluding hydrogens is 593 g/mol. The number of ether oxygens (including phenoxy) is 1. The Labute approximate surface area is 267 Å². The number of carbonyl (C=O) groups is 1. The number of unbranched alkanes of at least 4 members (excludes halogenated alkanes) is 1. The van der Waals surface area contributed by atoms with Gasteiger partial charge < -0.3 is 24.4 Å². The van der Waals surface area contributed by atoms with Crippen LogP contribution in [0, 0.1) is 12.7 Å². The number of nitrogens with one attached hydrogen (secondary N) is 1. The lowest BCUT2D eigenvalue weighted by atomic mass is 9.96. The number of carbonyl (C=O) groups excluding carboxylic acids is 1. The van der Waals surface area contributed by atoms with Crippen LogP contribution < -0.4 is 20.4 Å². The molecule has 1 fully saturated rings. The largest absolute Gasteiger partial charge is 0.451 e. The Morgan fingerprint density at radius 1 is 1.20 bits per heavy atom. The molecule has 45 heavy (non-hydrogen) atoms. The lowest BCUT2D eigenvalue weighted by Gasteiger charge is -2.29. The number of anilines is 1. The van der Waals surface area contributed by atoms with Gasteiger partial charge in [0.05, 0.1) is 11.1 Å². The molecule has 0 bridgehead atoms. The molecule has 1 unspecified atom stereocenters. The average molecular weight is 632 g/mol. The lowest BCUT2D eigenvalue weighted by Crippen LogP contribution is -2.32. The van der Waals surface area contributed by atoms with Crippen molar-refractivity contribution >= 4 is 34.1 Å². The van der Waals surface area contributed by atoms with Crippen LogP contribution in [0.25, 0.3) is 16.6 Å². The maximum absolute atomic E-state index is 16.2. The van der Waals surface area contributed by atoms with Crippen molar-refractivity contribution in [2.75, 3.05) is 44.2 Å². The summed E-state index contributed by atoms with van der Waals surface area (Å²) in [5.74, 6) is -0.142. The van der Waals surface area contributed by atoms with E-state index in [-0.39, 0.29) is 22.6 Å². The molecule has 0 spiro atoms. The van der Waals surface area contributed by atoms with E-state index in [2.05, 4.69) is 36.0 Å². The molecule has 1 saturated heterocycles. The highest BCUT2D eigenvalue weighted by molar-refractivity contribution is 6.30. The minimum Gasteiger partial charge on any atom is -0.451 e. The van der Waals surface area contributed by atoms with Crippen LogP contribution in [0.4, 0.5) is 10.1 Å². The highest BCUT2D eigenvalue weighted by atomic mass is 35.5. The normalized spacial score (nSPS) is 15.4. The van der Waals surface area contributed by atoms with Gasteiger partial charge in [-0.05, 0) is 93.7 Å². The van der Waals surface area contributed by atoms with Gasteiger partial charge in [0.25, 0.3) is 5.91 Å². The molecule has 6 rings (SSSR count).